The van der Waals surface area contributed by atoms with Crippen LogP contribution in [-0.4, -0.2) is 61.1 Å². The van der Waals surface area contributed by atoms with E-state index in [9.17, 15) is 4.79 Å². The number of nitrogens with zero attached hydrogens (tertiary/aromatic N) is 4. The zero-order valence-corrected chi connectivity index (χ0v) is 15.9. The van der Waals surface area contributed by atoms with Crippen molar-refractivity contribution in [3.63, 3.8) is 0 Å². The predicted molar refractivity (Wildman–Crippen MR) is 102 cm³/mol. The topological polar surface area (TPSA) is 70.6 Å². The number of benzene rings is 1. The molecule has 138 valence electrons. The lowest BCUT2D eigenvalue weighted by Crippen LogP contribution is -2.45. The van der Waals surface area contributed by atoms with Gasteiger partial charge in [0, 0.05) is 49.7 Å². The summed E-state index contributed by atoms with van der Waals surface area (Å²) >= 11 is 6.10. The first-order valence-electron chi connectivity index (χ1n) is 8.39. The molecular formula is C18H22ClN5O2. The van der Waals surface area contributed by atoms with Crippen molar-refractivity contribution in [2.45, 2.75) is 6.92 Å². The maximum Gasteiger partial charge on any atom is 0.258 e. The molecule has 1 N–H and O–H groups in total. The first-order valence-corrected chi connectivity index (χ1v) is 8.76. The Hall–Kier alpha value is -2.38. The Morgan fingerprint density at radius 3 is 2.46 bits per heavy atom. The van der Waals surface area contributed by atoms with Gasteiger partial charge in [-0.2, -0.15) is 0 Å². The third kappa shape index (κ3) is 4.05. The molecule has 0 aliphatic carbocycles. The number of hydrogen-bond acceptors (Lipinski definition) is 6. The van der Waals surface area contributed by atoms with E-state index >= 15 is 0 Å². The van der Waals surface area contributed by atoms with E-state index in [1.807, 2.05) is 6.92 Å². The molecule has 3 rings (SSSR count). The minimum atomic E-state index is -0.296. The van der Waals surface area contributed by atoms with Crippen LogP contribution in [-0.2, 0) is 0 Å². The summed E-state index contributed by atoms with van der Waals surface area (Å²) in [4.78, 5) is 25.6. The van der Waals surface area contributed by atoms with Gasteiger partial charge < -0.3 is 19.9 Å². The standard InChI is InChI=1S/C18H22ClN5O2/c1-12-8-15(16(26-3)9-14(12)19)22-17(25)13-10-20-18(21-11-13)24-6-4-23(2)5-7-24/h8-11H,4-7H2,1-3H3,(H,22,25). The quantitative estimate of drug-likeness (QED) is 0.885. The Bertz CT molecular complexity index is 789. The van der Waals surface area contributed by atoms with Gasteiger partial charge in [0.25, 0.3) is 5.91 Å². The molecule has 1 aromatic heterocycles. The summed E-state index contributed by atoms with van der Waals surface area (Å²) in [5.74, 6) is 0.855. The minimum absolute atomic E-state index is 0.296. The molecule has 0 radical (unpaired) electrons. The van der Waals surface area contributed by atoms with E-state index in [2.05, 4.69) is 32.1 Å². The molecule has 8 heteroatoms. The highest BCUT2D eigenvalue weighted by Gasteiger charge is 2.17. The van der Waals surface area contributed by atoms with Gasteiger partial charge in [-0.15, -0.1) is 0 Å². The molecule has 1 amide bonds. The number of aromatic nitrogens is 2. The lowest BCUT2D eigenvalue weighted by Gasteiger charge is -2.32. The number of halogens is 1. The van der Waals surface area contributed by atoms with E-state index in [1.165, 1.54) is 7.11 Å². The second kappa shape index (κ2) is 7.88. The first kappa shape index (κ1) is 18.4. The number of hydrogen-bond donors (Lipinski definition) is 1. The average Bonchev–Trinajstić information content (AvgIpc) is 2.65. The molecule has 1 aliphatic rings. The molecule has 0 saturated carbocycles. The van der Waals surface area contributed by atoms with Crippen molar-refractivity contribution in [1.29, 1.82) is 0 Å². The van der Waals surface area contributed by atoms with E-state index in [-0.39, 0.29) is 5.91 Å². The number of anilines is 2. The van der Waals surface area contributed by atoms with E-state index < -0.39 is 0 Å². The van der Waals surface area contributed by atoms with E-state index in [1.54, 1.807) is 24.5 Å². The SMILES string of the molecule is COc1cc(Cl)c(C)cc1NC(=O)c1cnc(N2CCN(C)CC2)nc1. The van der Waals surface area contributed by atoms with Crippen molar-refractivity contribution in [2.75, 3.05) is 50.6 Å². The molecule has 26 heavy (non-hydrogen) atoms. The van der Waals surface area contributed by atoms with Gasteiger partial charge in [0.05, 0.1) is 18.4 Å². The number of methoxy groups -OCH3 is 1. The summed E-state index contributed by atoms with van der Waals surface area (Å²) in [6.45, 7) is 5.57. The van der Waals surface area contributed by atoms with E-state index in [4.69, 9.17) is 16.3 Å². The van der Waals surface area contributed by atoms with Gasteiger partial charge in [-0.25, -0.2) is 9.97 Å². The number of ether oxygens (including phenoxy) is 1. The van der Waals surface area contributed by atoms with Crippen LogP contribution in [0.1, 0.15) is 15.9 Å². The number of likely N-dealkylation sites (N-methyl/N-ethyl adjacent to an activating group) is 1. The van der Waals surface area contributed by atoms with E-state index in [0.29, 0.717) is 28.0 Å². The van der Waals surface area contributed by atoms with Gasteiger partial charge in [-0.05, 0) is 25.6 Å². The molecule has 0 bridgehead atoms. The smallest absolute Gasteiger partial charge is 0.258 e. The largest absolute Gasteiger partial charge is 0.495 e. The lowest BCUT2D eigenvalue weighted by atomic mass is 10.2. The van der Waals surface area contributed by atoms with Crippen molar-refractivity contribution in [1.82, 2.24) is 14.9 Å². The molecule has 2 aromatic rings. The Labute approximate surface area is 157 Å². The summed E-state index contributed by atoms with van der Waals surface area (Å²) in [7, 11) is 3.63. The Morgan fingerprint density at radius 1 is 1.19 bits per heavy atom. The number of aryl methyl sites for hydroxylation is 1. The van der Waals surface area contributed by atoms with E-state index in [0.717, 1.165) is 31.7 Å². The van der Waals surface area contributed by atoms with Gasteiger partial charge in [-0.1, -0.05) is 11.6 Å². The normalized spacial score (nSPS) is 15.0. The fraction of sp³-hybridized carbons (Fsp3) is 0.389. The van der Waals surface area contributed by atoms with Crippen LogP contribution in [0.25, 0.3) is 0 Å². The van der Waals surface area contributed by atoms with Gasteiger partial charge >= 0.3 is 0 Å². The highest BCUT2D eigenvalue weighted by atomic mass is 35.5. The van der Waals surface area contributed by atoms with Crippen molar-refractivity contribution in [3.8, 4) is 5.75 Å². The lowest BCUT2D eigenvalue weighted by molar-refractivity contribution is 0.102. The number of amides is 1. The predicted octanol–water partition coefficient (Wildman–Crippen LogP) is 2.45. The van der Waals surface area contributed by atoms with Gasteiger partial charge in [-0.3, -0.25) is 4.79 Å². The van der Waals surface area contributed by atoms with Crippen LogP contribution < -0.4 is 15.0 Å². The minimum Gasteiger partial charge on any atom is -0.495 e. The fourth-order valence-electron chi connectivity index (χ4n) is 2.73. The molecule has 0 unspecified atom stereocenters. The van der Waals surface area contributed by atoms with Gasteiger partial charge in [0.2, 0.25) is 5.95 Å². The van der Waals surface area contributed by atoms with Crippen LogP contribution in [0.15, 0.2) is 24.5 Å². The van der Waals surface area contributed by atoms with Crippen LogP contribution in [0, 0.1) is 6.92 Å². The molecule has 1 aromatic carbocycles. The molecular weight excluding hydrogens is 354 g/mol. The van der Waals surface area contributed by atoms with Crippen molar-refractivity contribution >= 4 is 29.1 Å². The highest BCUT2D eigenvalue weighted by molar-refractivity contribution is 6.31. The maximum absolute atomic E-state index is 12.5. The summed E-state index contributed by atoms with van der Waals surface area (Å²) in [6.07, 6.45) is 3.09. The van der Waals surface area contributed by atoms with Crippen LogP contribution in [0.3, 0.4) is 0 Å². The number of piperazine rings is 1. The van der Waals surface area contributed by atoms with Crippen molar-refractivity contribution in [2.24, 2.45) is 0 Å². The molecule has 7 nitrogen and oxygen atoms in total. The Kier molecular flexibility index (Phi) is 5.58. The third-order valence-electron chi connectivity index (χ3n) is 4.42. The fourth-order valence-corrected chi connectivity index (χ4v) is 2.89. The zero-order valence-electron chi connectivity index (χ0n) is 15.1. The number of nitrogens with one attached hydrogen (secondary N) is 1. The summed E-state index contributed by atoms with van der Waals surface area (Å²) < 4.78 is 5.28. The molecule has 1 saturated heterocycles. The zero-order chi connectivity index (χ0) is 18.7. The van der Waals surface area contributed by atoms with Crippen LogP contribution in [0.5, 0.6) is 5.75 Å². The summed E-state index contributed by atoms with van der Waals surface area (Å²) in [5, 5.41) is 3.41. The maximum atomic E-state index is 12.5. The molecule has 0 spiro atoms. The van der Waals surface area contributed by atoms with Crippen molar-refractivity contribution in [3.05, 3.63) is 40.7 Å². The van der Waals surface area contributed by atoms with Gasteiger partial charge in [0.1, 0.15) is 5.75 Å². The number of rotatable bonds is 4. The molecule has 1 aliphatic heterocycles. The second-order valence-corrected chi connectivity index (χ2v) is 6.73. The first-order chi connectivity index (χ1) is 12.5. The number of carbonyl (C=O) groups excluding carboxylic acids is 1. The monoisotopic (exact) mass is 375 g/mol. The van der Waals surface area contributed by atoms with Crippen LogP contribution in [0.2, 0.25) is 5.02 Å². The number of carbonyl (C=O) groups is 1. The van der Waals surface area contributed by atoms with Crippen LogP contribution >= 0.6 is 11.6 Å². The second-order valence-electron chi connectivity index (χ2n) is 6.32. The van der Waals surface area contributed by atoms with Crippen molar-refractivity contribution < 1.29 is 9.53 Å². The van der Waals surface area contributed by atoms with Gasteiger partial charge in [0.15, 0.2) is 0 Å². The van der Waals surface area contributed by atoms with Crippen LogP contribution in [0.4, 0.5) is 11.6 Å². The molecule has 2 heterocycles. The average molecular weight is 376 g/mol. The summed E-state index contributed by atoms with van der Waals surface area (Å²) in [5.41, 5.74) is 1.80. The molecule has 1 fully saturated rings. The highest BCUT2D eigenvalue weighted by Crippen LogP contribution is 2.31. The Morgan fingerprint density at radius 2 is 1.85 bits per heavy atom. The Balaban J connectivity index is 1.72. The summed E-state index contributed by atoms with van der Waals surface area (Å²) in [6, 6.07) is 3.46. The third-order valence-corrected chi connectivity index (χ3v) is 4.82. The molecule has 0 atom stereocenters.